The summed E-state index contributed by atoms with van der Waals surface area (Å²) in [5, 5.41) is 6.17. The molecular weight excluding hydrogens is 457 g/mol. The molecule has 1 aliphatic rings. The van der Waals surface area contributed by atoms with Crippen LogP contribution in [0.4, 0.5) is 4.39 Å². The van der Waals surface area contributed by atoms with E-state index in [0.717, 1.165) is 34.5 Å². The maximum atomic E-state index is 13.6. The predicted molar refractivity (Wildman–Crippen MR) is 131 cm³/mol. The summed E-state index contributed by atoms with van der Waals surface area (Å²) in [5.41, 5.74) is 2.73. The fraction of sp³-hybridized carbons (Fsp3) is 0.240. The smallest absolute Gasteiger partial charge is 0.267 e. The first-order valence-electron chi connectivity index (χ1n) is 10.8. The first-order valence-corrected chi connectivity index (χ1v) is 12.7. The standard InChI is InChI=1S/C25H22FN3O2S2/c26-18-10-6-16(7-11-18)12-13-27-21(30)15-33-25-28-23-22(20(14-32-23)17-8-9-17)24(31)29(25)19-4-2-1-3-5-19/h1-7,10-11,14,17H,8-9,12-13,15H2,(H,27,30). The van der Waals surface area contributed by atoms with Crippen LogP contribution in [0.1, 0.15) is 29.9 Å². The molecule has 0 unspecified atom stereocenters. The molecule has 168 valence electrons. The van der Waals surface area contributed by atoms with Crippen LogP contribution in [0, 0.1) is 5.82 Å². The number of benzene rings is 2. The Kier molecular flexibility index (Phi) is 6.28. The number of carbonyl (C=O) groups excluding carboxylic acids is 1. The van der Waals surface area contributed by atoms with Crippen LogP contribution in [0.2, 0.25) is 0 Å². The van der Waals surface area contributed by atoms with Crippen LogP contribution in [0.5, 0.6) is 0 Å². The lowest BCUT2D eigenvalue weighted by Crippen LogP contribution is -2.28. The van der Waals surface area contributed by atoms with E-state index in [2.05, 4.69) is 10.7 Å². The van der Waals surface area contributed by atoms with Gasteiger partial charge in [0.15, 0.2) is 5.16 Å². The Hall–Kier alpha value is -2.97. The molecule has 33 heavy (non-hydrogen) atoms. The molecule has 1 aliphatic carbocycles. The normalized spacial score (nSPS) is 13.4. The van der Waals surface area contributed by atoms with Gasteiger partial charge < -0.3 is 5.32 Å². The molecule has 0 atom stereocenters. The summed E-state index contributed by atoms with van der Waals surface area (Å²) in [6.45, 7) is 0.457. The lowest BCUT2D eigenvalue weighted by molar-refractivity contribution is -0.118. The molecule has 1 N–H and O–H groups in total. The number of hydrogen-bond acceptors (Lipinski definition) is 5. The molecule has 0 radical (unpaired) electrons. The zero-order chi connectivity index (χ0) is 22.8. The number of nitrogens with one attached hydrogen (secondary N) is 1. The average molecular weight is 480 g/mol. The molecule has 8 heteroatoms. The van der Waals surface area contributed by atoms with Gasteiger partial charge in [0.25, 0.3) is 5.56 Å². The summed E-state index contributed by atoms with van der Waals surface area (Å²) in [7, 11) is 0. The number of fused-ring (bicyclic) bond motifs is 1. The molecule has 1 saturated carbocycles. The number of thioether (sulfide) groups is 1. The molecule has 0 aliphatic heterocycles. The van der Waals surface area contributed by atoms with Gasteiger partial charge in [-0.2, -0.15) is 0 Å². The Morgan fingerprint density at radius 2 is 1.91 bits per heavy atom. The van der Waals surface area contributed by atoms with Gasteiger partial charge >= 0.3 is 0 Å². The number of carbonyl (C=O) groups is 1. The second-order valence-electron chi connectivity index (χ2n) is 8.03. The van der Waals surface area contributed by atoms with E-state index in [1.807, 2.05) is 30.3 Å². The lowest BCUT2D eigenvalue weighted by atomic mass is 10.1. The number of rotatable bonds is 8. The van der Waals surface area contributed by atoms with Crippen molar-refractivity contribution in [1.82, 2.24) is 14.9 Å². The van der Waals surface area contributed by atoms with E-state index in [1.165, 1.54) is 35.2 Å². The van der Waals surface area contributed by atoms with Crippen molar-refractivity contribution in [3.8, 4) is 5.69 Å². The summed E-state index contributed by atoms with van der Waals surface area (Å²) in [6.07, 6.45) is 2.85. The first-order chi connectivity index (χ1) is 16.1. The Morgan fingerprint density at radius 3 is 2.64 bits per heavy atom. The molecule has 4 aromatic rings. The van der Waals surface area contributed by atoms with Crippen LogP contribution in [-0.4, -0.2) is 27.8 Å². The van der Waals surface area contributed by atoms with Gasteiger partial charge in [-0.1, -0.05) is 42.1 Å². The minimum atomic E-state index is -0.275. The fourth-order valence-electron chi connectivity index (χ4n) is 3.77. The zero-order valence-corrected chi connectivity index (χ0v) is 19.4. The number of para-hydroxylation sites is 1. The van der Waals surface area contributed by atoms with Gasteiger partial charge in [0.05, 0.1) is 16.8 Å². The summed E-state index contributed by atoms with van der Waals surface area (Å²) < 4.78 is 14.6. The van der Waals surface area contributed by atoms with Crippen LogP contribution < -0.4 is 10.9 Å². The summed E-state index contributed by atoms with van der Waals surface area (Å²) in [5.74, 6) is 0.196. The number of thiophene rings is 1. The Labute approximate surface area is 198 Å². The SMILES string of the molecule is O=C(CSc1nc2scc(C3CC3)c2c(=O)n1-c1ccccc1)NCCc1ccc(F)cc1. The van der Waals surface area contributed by atoms with Crippen molar-refractivity contribution in [2.45, 2.75) is 30.3 Å². The third-order valence-electron chi connectivity index (χ3n) is 5.62. The molecule has 1 fully saturated rings. The largest absolute Gasteiger partial charge is 0.355 e. The fourth-order valence-corrected chi connectivity index (χ4v) is 5.67. The molecule has 0 spiro atoms. The van der Waals surface area contributed by atoms with E-state index < -0.39 is 0 Å². The van der Waals surface area contributed by atoms with Gasteiger partial charge in [0.2, 0.25) is 5.91 Å². The van der Waals surface area contributed by atoms with Crippen LogP contribution in [0.15, 0.2) is 69.9 Å². The van der Waals surface area contributed by atoms with E-state index in [1.54, 1.807) is 16.7 Å². The van der Waals surface area contributed by atoms with Gasteiger partial charge in [-0.25, -0.2) is 9.37 Å². The maximum absolute atomic E-state index is 13.6. The summed E-state index contributed by atoms with van der Waals surface area (Å²) in [6, 6.07) is 15.7. The van der Waals surface area contributed by atoms with Crippen LogP contribution in [-0.2, 0) is 11.2 Å². The Morgan fingerprint density at radius 1 is 1.15 bits per heavy atom. The van der Waals surface area contributed by atoms with Crippen molar-refractivity contribution in [1.29, 1.82) is 0 Å². The van der Waals surface area contributed by atoms with Gasteiger partial charge in [-0.05, 0) is 66.0 Å². The lowest BCUT2D eigenvalue weighted by Gasteiger charge is -2.12. The number of aromatic nitrogens is 2. The van der Waals surface area contributed by atoms with Crippen molar-refractivity contribution in [2.24, 2.45) is 0 Å². The highest BCUT2D eigenvalue weighted by atomic mass is 32.2. The van der Waals surface area contributed by atoms with E-state index in [4.69, 9.17) is 4.98 Å². The highest BCUT2D eigenvalue weighted by Crippen LogP contribution is 2.44. The van der Waals surface area contributed by atoms with Crippen molar-refractivity contribution in [3.05, 3.63) is 87.3 Å². The third kappa shape index (κ3) is 4.86. The molecule has 1 amide bonds. The molecule has 5 rings (SSSR count). The van der Waals surface area contributed by atoms with Crippen molar-refractivity contribution in [2.75, 3.05) is 12.3 Å². The number of halogens is 1. The molecule has 2 aromatic heterocycles. The number of nitrogens with zero attached hydrogens (tertiary/aromatic N) is 2. The topological polar surface area (TPSA) is 64.0 Å². The van der Waals surface area contributed by atoms with E-state index in [-0.39, 0.29) is 23.0 Å². The summed E-state index contributed by atoms with van der Waals surface area (Å²) in [4.78, 5) is 31.5. The van der Waals surface area contributed by atoms with Crippen LogP contribution >= 0.6 is 23.1 Å². The van der Waals surface area contributed by atoms with Gasteiger partial charge in [-0.15, -0.1) is 11.3 Å². The maximum Gasteiger partial charge on any atom is 0.267 e. The van der Waals surface area contributed by atoms with E-state index >= 15 is 0 Å². The molecule has 2 aromatic carbocycles. The van der Waals surface area contributed by atoms with Gasteiger partial charge in [0, 0.05) is 6.54 Å². The Bertz CT molecular complexity index is 1350. The van der Waals surface area contributed by atoms with Crippen LogP contribution in [0.3, 0.4) is 0 Å². The first kappa shape index (κ1) is 21.9. The predicted octanol–water partition coefficient (Wildman–Crippen LogP) is 4.91. The molecule has 0 saturated heterocycles. The van der Waals surface area contributed by atoms with Crippen molar-refractivity contribution in [3.63, 3.8) is 0 Å². The Balaban J connectivity index is 1.34. The van der Waals surface area contributed by atoms with E-state index in [9.17, 15) is 14.0 Å². The quantitative estimate of drug-likeness (QED) is 0.288. The summed E-state index contributed by atoms with van der Waals surface area (Å²) >= 11 is 2.75. The van der Waals surface area contributed by atoms with E-state index in [0.29, 0.717) is 29.4 Å². The van der Waals surface area contributed by atoms with Gasteiger partial charge in [0.1, 0.15) is 10.6 Å². The highest BCUT2D eigenvalue weighted by molar-refractivity contribution is 7.99. The third-order valence-corrected chi connectivity index (χ3v) is 7.45. The molecule has 5 nitrogen and oxygen atoms in total. The minimum absolute atomic E-state index is 0.0754. The monoisotopic (exact) mass is 479 g/mol. The zero-order valence-electron chi connectivity index (χ0n) is 17.8. The van der Waals surface area contributed by atoms with Crippen LogP contribution in [0.25, 0.3) is 15.9 Å². The second-order valence-corrected chi connectivity index (χ2v) is 9.83. The number of amides is 1. The van der Waals surface area contributed by atoms with Crippen molar-refractivity contribution < 1.29 is 9.18 Å². The van der Waals surface area contributed by atoms with Crippen molar-refractivity contribution >= 4 is 39.2 Å². The highest BCUT2D eigenvalue weighted by Gasteiger charge is 2.29. The minimum Gasteiger partial charge on any atom is -0.355 e. The van der Waals surface area contributed by atoms with Gasteiger partial charge in [-0.3, -0.25) is 14.2 Å². The molecular formula is C25H22FN3O2S2. The second kappa shape index (κ2) is 9.49. The molecule has 2 heterocycles. The number of hydrogen-bond donors (Lipinski definition) is 1. The molecule has 0 bridgehead atoms. The average Bonchev–Trinajstić information content (AvgIpc) is 3.58.